The number of nitrogens with zero attached hydrogens (tertiary/aromatic N) is 1. The van der Waals surface area contributed by atoms with Crippen LogP contribution in [0.15, 0.2) is 36.4 Å². The Balaban J connectivity index is 2.57. The van der Waals surface area contributed by atoms with Crippen molar-refractivity contribution in [1.82, 2.24) is 0 Å². The molecule has 2 aromatic rings. The number of phenols is 1. The van der Waals surface area contributed by atoms with Gasteiger partial charge in [-0.15, -0.1) is 0 Å². The van der Waals surface area contributed by atoms with E-state index in [0.717, 1.165) is 0 Å². The first kappa shape index (κ1) is 12.9. The lowest BCUT2D eigenvalue weighted by molar-refractivity contribution is 0.0697. The van der Waals surface area contributed by atoms with Crippen molar-refractivity contribution in [3.05, 3.63) is 52.5 Å². The van der Waals surface area contributed by atoms with Crippen molar-refractivity contribution in [2.45, 2.75) is 0 Å². The number of aromatic hydroxyl groups is 1. The van der Waals surface area contributed by atoms with Gasteiger partial charge >= 0.3 is 5.97 Å². The summed E-state index contributed by atoms with van der Waals surface area (Å²) in [4.78, 5) is 11.0. The molecule has 0 atom stereocenters. The summed E-state index contributed by atoms with van der Waals surface area (Å²) in [5, 5.41) is 27.4. The van der Waals surface area contributed by atoms with Crippen LogP contribution in [0.4, 0.5) is 0 Å². The van der Waals surface area contributed by atoms with Crippen LogP contribution in [0, 0.1) is 11.3 Å². The molecule has 0 saturated heterocycles. The lowest BCUT2D eigenvalue weighted by Crippen LogP contribution is -1.97. The minimum atomic E-state index is -1.12. The molecular weight excluding hydrogens is 266 g/mol. The summed E-state index contributed by atoms with van der Waals surface area (Å²) in [6.45, 7) is 0. The molecule has 0 bridgehead atoms. The topological polar surface area (TPSA) is 81.3 Å². The van der Waals surface area contributed by atoms with Crippen molar-refractivity contribution in [1.29, 1.82) is 5.26 Å². The van der Waals surface area contributed by atoms with Crippen LogP contribution in [-0.4, -0.2) is 16.2 Å². The quantitative estimate of drug-likeness (QED) is 0.880. The standard InChI is InChI=1S/C14H8ClNO3/c15-12-3-1-9(6-11(12)14(18)19)8-2-4-13(17)10(5-8)7-16/h1-6,17H,(H,18,19). The molecule has 2 aromatic carbocycles. The van der Waals surface area contributed by atoms with Crippen LogP contribution in [-0.2, 0) is 0 Å². The Bertz CT molecular complexity index is 704. The maximum absolute atomic E-state index is 11.0. The Hall–Kier alpha value is -2.51. The van der Waals surface area contributed by atoms with E-state index in [1.165, 1.54) is 24.3 Å². The molecule has 0 aliphatic carbocycles. The third-order valence-corrected chi connectivity index (χ3v) is 2.98. The lowest BCUT2D eigenvalue weighted by atomic mass is 10.0. The van der Waals surface area contributed by atoms with Gasteiger partial charge in [0.05, 0.1) is 16.1 Å². The van der Waals surface area contributed by atoms with E-state index in [1.54, 1.807) is 12.1 Å². The zero-order valence-electron chi connectivity index (χ0n) is 9.59. The Labute approximate surface area is 114 Å². The second-order valence-corrected chi connectivity index (χ2v) is 4.25. The number of carboxylic acid groups (broad SMARTS) is 1. The Morgan fingerprint density at radius 3 is 2.42 bits per heavy atom. The fourth-order valence-electron chi connectivity index (χ4n) is 1.67. The minimum absolute atomic E-state index is 0.00857. The fraction of sp³-hybridized carbons (Fsp3) is 0. The Kier molecular flexibility index (Phi) is 3.41. The molecule has 0 aliphatic rings. The highest BCUT2D eigenvalue weighted by Crippen LogP contribution is 2.28. The number of benzene rings is 2. The largest absolute Gasteiger partial charge is 0.507 e. The second kappa shape index (κ2) is 5.01. The van der Waals surface area contributed by atoms with E-state index in [0.29, 0.717) is 11.1 Å². The van der Waals surface area contributed by atoms with Crippen molar-refractivity contribution in [3.8, 4) is 22.9 Å². The summed E-state index contributed by atoms with van der Waals surface area (Å²) in [6.07, 6.45) is 0. The smallest absolute Gasteiger partial charge is 0.337 e. The highest BCUT2D eigenvalue weighted by Gasteiger charge is 2.11. The maximum atomic E-state index is 11.0. The first-order chi connectivity index (χ1) is 9.02. The van der Waals surface area contributed by atoms with Gasteiger partial charge in [-0.1, -0.05) is 23.7 Å². The van der Waals surface area contributed by atoms with Gasteiger partial charge in [0.2, 0.25) is 0 Å². The van der Waals surface area contributed by atoms with Gasteiger partial charge in [-0.2, -0.15) is 5.26 Å². The van der Waals surface area contributed by atoms with E-state index >= 15 is 0 Å². The fourth-order valence-corrected chi connectivity index (χ4v) is 1.87. The first-order valence-corrected chi connectivity index (χ1v) is 5.67. The van der Waals surface area contributed by atoms with Crippen LogP contribution in [0.5, 0.6) is 5.75 Å². The minimum Gasteiger partial charge on any atom is -0.507 e. The van der Waals surface area contributed by atoms with Gasteiger partial charge in [0, 0.05) is 0 Å². The second-order valence-electron chi connectivity index (χ2n) is 3.84. The van der Waals surface area contributed by atoms with E-state index in [4.69, 9.17) is 22.0 Å². The maximum Gasteiger partial charge on any atom is 0.337 e. The van der Waals surface area contributed by atoms with Crippen LogP contribution >= 0.6 is 11.6 Å². The van der Waals surface area contributed by atoms with Gasteiger partial charge in [0.25, 0.3) is 0 Å². The number of hydrogen-bond acceptors (Lipinski definition) is 3. The summed E-state index contributed by atoms with van der Waals surface area (Å²) in [5.41, 5.74) is 1.36. The third-order valence-electron chi connectivity index (χ3n) is 2.65. The van der Waals surface area contributed by atoms with Gasteiger partial charge in [0.15, 0.2) is 0 Å². The van der Waals surface area contributed by atoms with Crippen molar-refractivity contribution in [2.75, 3.05) is 0 Å². The van der Waals surface area contributed by atoms with Crippen molar-refractivity contribution in [2.24, 2.45) is 0 Å². The number of hydrogen-bond donors (Lipinski definition) is 2. The van der Waals surface area contributed by atoms with Gasteiger partial charge < -0.3 is 10.2 Å². The molecule has 0 amide bonds. The van der Waals surface area contributed by atoms with Gasteiger partial charge in [-0.25, -0.2) is 4.79 Å². The van der Waals surface area contributed by atoms with E-state index in [-0.39, 0.29) is 21.9 Å². The summed E-state index contributed by atoms with van der Waals surface area (Å²) >= 11 is 5.79. The summed E-state index contributed by atoms with van der Waals surface area (Å²) in [7, 11) is 0. The Morgan fingerprint density at radius 1 is 1.16 bits per heavy atom. The third kappa shape index (κ3) is 2.51. The first-order valence-electron chi connectivity index (χ1n) is 5.29. The van der Waals surface area contributed by atoms with Crippen LogP contribution in [0.25, 0.3) is 11.1 Å². The number of rotatable bonds is 2. The van der Waals surface area contributed by atoms with Crippen molar-refractivity contribution < 1.29 is 15.0 Å². The number of carbonyl (C=O) groups is 1. The van der Waals surface area contributed by atoms with Gasteiger partial charge in [0.1, 0.15) is 11.8 Å². The molecule has 5 heteroatoms. The average Bonchev–Trinajstić information content (AvgIpc) is 2.39. The molecule has 0 saturated carbocycles. The number of aromatic carboxylic acids is 1. The lowest BCUT2D eigenvalue weighted by Gasteiger charge is -2.06. The van der Waals surface area contributed by atoms with E-state index in [1.807, 2.05) is 6.07 Å². The van der Waals surface area contributed by atoms with E-state index < -0.39 is 5.97 Å². The highest BCUT2D eigenvalue weighted by molar-refractivity contribution is 6.33. The summed E-state index contributed by atoms with van der Waals surface area (Å²) in [5.74, 6) is -1.23. The zero-order chi connectivity index (χ0) is 14.0. The molecule has 94 valence electrons. The number of halogens is 1. The van der Waals surface area contributed by atoms with Crippen LogP contribution in [0.1, 0.15) is 15.9 Å². The molecule has 0 fully saturated rings. The van der Waals surface area contributed by atoms with E-state index in [2.05, 4.69) is 0 Å². The van der Waals surface area contributed by atoms with Gasteiger partial charge in [-0.3, -0.25) is 0 Å². The molecule has 0 unspecified atom stereocenters. The predicted octanol–water partition coefficient (Wildman–Crippen LogP) is 3.28. The normalized spacial score (nSPS) is 9.89. The number of phenolic OH excluding ortho intramolecular Hbond substituents is 1. The molecule has 4 nitrogen and oxygen atoms in total. The van der Waals surface area contributed by atoms with Crippen LogP contribution in [0.3, 0.4) is 0 Å². The van der Waals surface area contributed by atoms with Gasteiger partial charge in [-0.05, 0) is 35.4 Å². The van der Waals surface area contributed by atoms with Crippen LogP contribution in [0.2, 0.25) is 5.02 Å². The summed E-state index contributed by atoms with van der Waals surface area (Å²) in [6, 6.07) is 10.9. The molecule has 2 rings (SSSR count). The molecule has 0 aliphatic heterocycles. The molecule has 2 N–H and O–H groups in total. The summed E-state index contributed by atoms with van der Waals surface area (Å²) < 4.78 is 0. The van der Waals surface area contributed by atoms with Crippen molar-refractivity contribution >= 4 is 17.6 Å². The molecule has 19 heavy (non-hydrogen) atoms. The number of carboxylic acids is 1. The predicted molar refractivity (Wildman–Crippen MR) is 70.2 cm³/mol. The highest BCUT2D eigenvalue weighted by atomic mass is 35.5. The molecule has 0 radical (unpaired) electrons. The van der Waals surface area contributed by atoms with Crippen LogP contribution < -0.4 is 0 Å². The average molecular weight is 274 g/mol. The molecular formula is C14H8ClNO3. The SMILES string of the molecule is N#Cc1cc(-c2ccc(Cl)c(C(=O)O)c2)ccc1O. The zero-order valence-corrected chi connectivity index (χ0v) is 10.3. The molecule has 0 aromatic heterocycles. The molecule has 0 heterocycles. The van der Waals surface area contributed by atoms with E-state index in [9.17, 15) is 9.90 Å². The Morgan fingerprint density at radius 2 is 1.79 bits per heavy atom. The number of nitriles is 1. The van der Waals surface area contributed by atoms with Crippen molar-refractivity contribution in [3.63, 3.8) is 0 Å². The molecule has 0 spiro atoms. The monoisotopic (exact) mass is 273 g/mol.